The van der Waals surface area contributed by atoms with Crippen molar-refractivity contribution < 1.29 is 0 Å². The summed E-state index contributed by atoms with van der Waals surface area (Å²) in [6.07, 6.45) is 1.80. The lowest BCUT2D eigenvalue weighted by molar-refractivity contribution is 1.05. The molecule has 0 aliphatic carbocycles. The molecule has 5 heteroatoms. The van der Waals surface area contributed by atoms with Crippen LogP contribution >= 0.6 is 12.2 Å². The van der Waals surface area contributed by atoms with E-state index in [1.54, 1.807) is 6.20 Å². The molecule has 0 saturated carbocycles. The Morgan fingerprint density at radius 3 is 2.93 bits per heavy atom. The van der Waals surface area contributed by atoms with Crippen LogP contribution in [0.1, 0.15) is 5.69 Å². The Balaban J connectivity index is 2.23. The Bertz CT molecular complexity index is 485. The van der Waals surface area contributed by atoms with Crippen LogP contribution in [0.5, 0.6) is 0 Å². The SMILES string of the molecule is Cc1cc(Nc2cc(=S)cc[nH]2)n[nH]1. The van der Waals surface area contributed by atoms with Gasteiger partial charge < -0.3 is 10.3 Å². The average molecular weight is 206 g/mol. The maximum atomic E-state index is 5.03. The van der Waals surface area contributed by atoms with Crippen LogP contribution in [-0.2, 0) is 0 Å². The highest BCUT2D eigenvalue weighted by Gasteiger charge is 1.97. The van der Waals surface area contributed by atoms with Crippen LogP contribution in [0.25, 0.3) is 0 Å². The first-order valence-corrected chi connectivity index (χ1v) is 4.62. The molecule has 2 aromatic heterocycles. The molecule has 2 heterocycles. The van der Waals surface area contributed by atoms with E-state index in [9.17, 15) is 0 Å². The fraction of sp³-hybridized carbons (Fsp3) is 0.111. The molecular weight excluding hydrogens is 196 g/mol. The van der Waals surface area contributed by atoms with Gasteiger partial charge in [0.1, 0.15) is 5.82 Å². The largest absolute Gasteiger partial charge is 0.348 e. The Morgan fingerprint density at radius 2 is 2.29 bits per heavy atom. The summed E-state index contributed by atoms with van der Waals surface area (Å²) in [4.78, 5) is 3.04. The lowest BCUT2D eigenvalue weighted by atomic mass is 10.4. The van der Waals surface area contributed by atoms with Gasteiger partial charge in [-0.2, -0.15) is 5.10 Å². The van der Waals surface area contributed by atoms with E-state index < -0.39 is 0 Å². The van der Waals surface area contributed by atoms with Gasteiger partial charge in [0.15, 0.2) is 5.82 Å². The summed E-state index contributed by atoms with van der Waals surface area (Å²) in [7, 11) is 0. The summed E-state index contributed by atoms with van der Waals surface area (Å²) in [6.45, 7) is 1.95. The number of aryl methyl sites for hydroxylation is 1. The number of aromatic amines is 2. The predicted octanol–water partition coefficient (Wildman–Crippen LogP) is 2.52. The summed E-state index contributed by atoms with van der Waals surface area (Å²) in [5.74, 6) is 1.61. The molecule has 0 atom stereocenters. The monoisotopic (exact) mass is 206 g/mol. The summed E-state index contributed by atoms with van der Waals surface area (Å²) in [5, 5.41) is 10.0. The fourth-order valence-corrected chi connectivity index (χ4v) is 1.32. The molecule has 0 amide bonds. The van der Waals surface area contributed by atoms with Gasteiger partial charge in [-0.1, -0.05) is 12.2 Å². The van der Waals surface area contributed by atoms with Crippen molar-refractivity contribution in [3.05, 3.63) is 34.6 Å². The Labute approximate surface area is 86.4 Å². The molecule has 2 aromatic rings. The van der Waals surface area contributed by atoms with Gasteiger partial charge in [-0.3, -0.25) is 5.10 Å². The molecule has 3 N–H and O–H groups in total. The van der Waals surface area contributed by atoms with Crippen LogP contribution in [0.2, 0.25) is 0 Å². The molecular formula is C9H10N4S. The first kappa shape index (κ1) is 8.96. The van der Waals surface area contributed by atoms with E-state index in [2.05, 4.69) is 20.5 Å². The first-order valence-electron chi connectivity index (χ1n) is 4.22. The van der Waals surface area contributed by atoms with Gasteiger partial charge in [0.2, 0.25) is 0 Å². The molecule has 0 spiro atoms. The zero-order valence-corrected chi connectivity index (χ0v) is 8.48. The quantitative estimate of drug-likeness (QED) is 0.662. The van der Waals surface area contributed by atoms with Crippen molar-refractivity contribution >= 4 is 23.9 Å². The second-order valence-electron chi connectivity index (χ2n) is 3.00. The Morgan fingerprint density at radius 1 is 1.43 bits per heavy atom. The number of nitrogens with zero attached hydrogens (tertiary/aromatic N) is 1. The van der Waals surface area contributed by atoms with Crippen molar-refractivity contribution in [1.29, 1.82) is 0 Å². The molecule has 0 aliphatic heterocycles. The molecule has 0 aromatic carbocycles. The summed E-state index contributed by atoms with van der Waals surface area (Å²) in [6, 6.07) is 5.60. The van der Waals surface area contributed by atoms with Gasteiger partial charge >= 0.3 is 0 Å². The topological polar surface area (TPSA) is 56.5 Å². The highest BCUT2D eigenvalue weighted by atomic mass is 32.1. The number of hydrogen-bond acceptors (Lipinski definition) is 3. The number of anilines is 2. The minimum Gasteiger partial charge on any atom is -0.348 e. The number of pyridine rings is 1. The van der Waals surface area contributed by atoms with Gasteiger partial charge in [-0.25, -0.2) is 0 Å². The van der Waals surface area contributed by atoms with Crippen LogP contribution in [0.3, 0.4) is 0 Å². The highest BCUT2D eigenvalue weighted by Crippen LogP contribution is 2.11. The highest BCUT2D eigenvalue weighted by molar-refractivity contribution is 7.71. The molecule has 0 fully saturated rings. The third-order valence-electron chi connectivity index (χ3n) is 1.74. The number of H-pyrrole nitrogens is 2. The molecule has 0 aliphatic rings. The summed E-state index contributed by atoms with van der Waals surface area (Å²) < 4.78 is 0.790. The van der Waals surface area contributed by atoms with Crippen molar-refractivity contribution in [2.75, 3.05) is 5.32 Å². The standard InChI is InChI=1S/C9H10N4S/c1-6-4-9(13-12-6)11-8-5-7(14)2-3-10-8/h2-5H,1H3,(H3,10,11,12,13,14). The minimum absolute atomic E-state index is 0.777. The molecule has 14 heavy (non-hydrogen) atoms. The zero-order valence-electron chi connectivity index (χ0n) is 7.66. The van der Waals surface area contributed by atoms with Crippen LogP contribution in [-0.4, -0.2) is 15.2 Å². The smallest absolute Gasteiger partial charge is 0.153 e. The third-order valence-corrected chi connectivity index (χ3v) is 2.00. The van der Waals surface area contributed by atoms with Crippen LogP contribution in [0, 0.1) is 11.4 Å². The Hall–Kier alpha value is -1.62. The van der Waals surface area contributed by atoms with Crippen LogP contribution in [0.15, 0.2) is 24.4 Å². The molecule has 72 valence electrons. The molecule has 0 unspecified atom stereocenters. The van der Waals surface area contributed by atoms with Crippen molar-refractivity contribution in [3.63, 3.8) is 0 Å². The number of nitrogens with one attached hydrogen (secondary N) is 3. The maximum Gasteiger partial charge on any atom is 0.153 e. The van der Waals surface area contributed by atoms with Crippen molar-refractivity contribution in [3.8, 4) is 0 Å². The maximum absolute atomic E-state index is 5.03. The molecule has 0 saturated heterocycles. The summed E-state index contributed by atoms with van der Waals surface area (Å²) >= 11 is 5.03. The van der Waals surface area contributed by atoms with E-state index in [0.717, 1.165) is 21.8 Å². The van der Waals surface area contributed by atoms with Gasteiger partial charge in [0.25, 0.3) is 0 Å². The molecule has 2 rings (SSSR count). The second-order valence-corrected chi connectivity index (χ2v) is 3.47. The number of aromatic nitrogens is 3. The predicted molar refractivity (Wildman–Crippen MR) is 58.2 cm³/mol. The van der Waals surface area contributed by atoms with Crippen molar-refractivity contribution in [2.45, 2.75) is 6.92 Å². The van der Waals surface area contributed by atoms with E-state index in [4.69, 9.17) is 12.2 Å². The van der Waals surface area contributed by atoms with Crippen molar-refractivity contribution in [2.24, 2.45) is 0 Å². The number of rotatable bonds is 2. The van der Waals surface area contributed by atoms with Crippen LogP contribution in [0.4, 0.5) is 11.6 Å². The van der Waals surface area contributed by atoms with E-state index in [1.807, 2.05) is 25.1 Å². The lowest BCUT2D eigenvalue weighted by Crippen LogP contribution is -1.92. The van der Waals surface area contributed by atoms with Crippen molar-refractivity contribution in [1.82, 2.24) is 15.2 Å². The summed E-state index contributed by atoms with van der Waals surface area (Å²) in [5.41, 5.74) is 1.02. The number of hydrogen-bond donors (Lipinski definition) is 3. The molecule has 0 bridgehead atoms. The van der Waals surface area contributed by atoms with Gasteiger partial charge in [-0.05, 0) is 19.1 Å². The Kier molecular flexibility index (Phi) is 2.32. The molecule has 0 radical (unpaired) electrons. The third kappa shape index (κ3) is 2.00. The minimum atomic E-state index is 0.777. The van der Waals surface area contributed by atoms with E-state index in [0.29, 0.717) is 0 Å². The molecule has 4 nitrogen and oxygen atoms in total. The van der Waals surface area contributed by atoms with E-state index in [-0.39, 0.29) is 0 Å². The lowest BCUT2D eigenvalue weighted by Gasteiger charge is -2.00. The van der Waals surface area contributed by atoms with E-state index in [1.165, 1.54) is 0 Å². The van der Waals surface area contributed by atoms with Crippen LogP contribution < -0.4 is 5.32 Å². The van der Waals surface area contributed by atoms with Gasteiger partial charge in [0, 0.05) is 22.5 Å². The second kappa shape index (κ2) is 3.63. The zero-order chi connectivity index (χ0) is 9.97. The normalized spacial score (nSPS) is 10.1. The first-order chi connectivity index (χ1) is 6.74. The van der Waals surface area contributed by atoms with Gasteiger partial charge in [0.05, 0.1) is 0 Å². The van der Waals surface area contributed by atoms with Gasteiger partial charge in [-0.15, -0.1) is 0 Å². The average Bonchev–Trinajstić information content (AvgIpc) is 2.51. The fourth-order valence-electron chi connectivity index (χ4n) is 1.14. The van der Waals surface area contributed by atoms with E-state index >= 15 is 0 Å².